The second kappa shape index (κ2) is 5.69. The Morgan fingerprint density at radius 1 is 1.47 bits per heavy atom. The quantitative estimate of drug-likeness (QED) is 0.685. The number of carbonyl (C=O) groups excluding carboxylic acids is 1. The Labute approximate surface area is 90.2 Å². The highest BCUT2D eigenvalue weighted by molar-refractivity contribution is 5.95. The van der Waals surface area contributed by atoms with E-state index in [2.05, 4.69) is 6.92 Å². The Morgan fingerprint density at radius 3 is 2.80 bits per heavy atom. The highest BCUT2D eigenvalue weighted by Gasteiger charge is 2.30. The predicted octanol–water partition coefficient (Wildman–Crippen LogP) is 2.41. The zero-order chi connectivity index (χ0) is 11.3. The molecule has 0 aromatic heterocycles. The minimum absolute atomic E-state index is 0.0763. The first kappa shape index (κ1) is 12.0. The van der Waals surface area contributed by atoms with E-state index < -0.39 is 5.97 Å². The van der Waals surface area contributed by atoms with Crippen LogP contribution in [0, 0.1) is 11.8 Å². The number of hydrogen-bond acceptors (Lipinski definition) is 2. The van der Waals surface area contributed by atoms with Crippen molar-refractivity contribution in [3.05, 3.63) is 12.2 Å². The van der Waals surface area contributed by atoms with Gasteiger partial charge in [0.25, 0.3) is 0 Å². The summed E-state index contributed by atoms with van der Waals surface area (Å²) < 4.78 is 0. The van der Waals surface area contributed by atoms with Gasteiger partial charge in [0, 0.05) is 5.92 Å². The van der Waals surface area contributed by atoms with Gasteiger partial charge >= 0.3 is 5.97 Å². The summed E-state index contributed by atoms with van der Waals surface area (Å²) in [6.07, 6.45) is 7.47. The number of allylic oxidation sites excluding steroid dienone is 2. The van der Waals surface area contributed by atoms with E-state index in [1.54, 1.807) is 12.2 Å². The third-order valence-corrected chi connectivity index (χ3v) is 2.92. The van der Waals surface area contributed by atoms with Crippen molar-refractivity contribution in [2.75, 3.05) is 0 Å². The van der Waals surface area contributed by atoms with Crippen LogP contribution in [-0.4, -0.2) is 16.9 Å². The van der Waals surface area contributed by atoms with Crippen LogP contribution < -0.4 is 0 Å². The number of unbranched alkanes of at least 4 members (excludes halogenated alkanes) is 2. The van der Waals surface area contributed by atoms with Crippen molar-refractivity contribution in [2.45, 2.75) is 39.0 Å². The van der Waals surface area contributed by atoms with E-state index in [9.17, 15) is 9.59 Å². The highest BCUT2D eigenvalue weighted by atomic mass is 16.4. The van der Waals surface area contributed by atoms with Crippen LogP contribution in [0.5, 0.6) is 0 Å². The van der Waals surface area contributed by atoms with Gasteiger partial charge in [0.15, 0.2) is 5.78 Å². The molecule has 0 saturated carbocycles. The maximum atomic E-state index is 11.5. The Hall–Kier alpha value is -1.12. The van der Waals surface area contributed by atoms with Gasteiger partial charge in [-0.15, -0.1) is 0 Å². The minimum atomic E-state index is -0.820. The number of carbonyl (C=O) groups is 2. The molecule has 3 heteroatoms. The Kier molecular flexibility index (Phi) is 4.53. The van der Waals surface area contributed by atoms with E-state index in [4.69, 9.17) is 5.11 Å². The van der Waals surface area contributed by atoms with Crippen LogP contribution in [0.3, 0.4) is 0 Å². The van der Waals surface area contributed by atoms with Crippen molar-refractivity contribution >= 4 is 11.8 Å². The fourth-order valence-electron chi connectivity index (χ4n) is 2.07. The van der Waals surface area contributed by atoms with Crippen molar-refractivity contribution < 1.29 is 14.7 Å². The van der Waals surface area contributed by atoms with E-state index in [1.807, 2.05) is 0 Å². The molecule has 0 aromatic rings. The lowest BCUT2D eigenvalue weighted by Crippen LogP contribution is -2.18. The molecule has 0 bridgehead atoms. The number of carboxylic acids is 1. The summed E-state index contributed by atoms with van der Waals surface area (Å²) in [5.41, 5.74) is 0. The van der Waals surface area contributed by atoms with Crippen molar-refractivity contribution in [1.29, 1.82) is 0 Å². The molecule has 0 amide bonds. The van der Waals surface area contributed by atoms with Crippen LogP contribution in [0.25, 0.3) is 0 Å². The first-order chi connectivity index (χ1) is 7.15. The molecule has 0 saturated heterocycles. The fourth-order valence-corrected chi connectivity index (χ4v) is 2.07. The van der Waals surface area contributed by atoms with E-state index in [0.29, 0.717) is 0 Å². The molecule has 0 aliphatic heterocycles. The second-order valence-electron chi connectivity index (χ2n) is 4.13. The molecule has 0 unspecified atom stereocenters. The van der Waals surface area contributed by atoms with Gasteiger partial charge in [0.1, 0.15) is 0 Å². The molecule has 1 aliphatic rings. The van der Waals surface area contributed by atoms with Crippen LogP contribution in [0.1, 0.15) is 39.0 Å². The lowest BCUT2D eigenvalue weighted by molar-refractivity contribution is -0.138. The maximum Gasteiger partial charge on any atom is 0.303 e. The Morgan fingerprint density at radius 2 is 2.20 bits per heavy atom. The van der Waals surface area contributed by atoms with Gasteiger partial charge in [0.05, 0.1) is 6.42 Å². The second-order valence-corrected chi connectivity index (χ2v) is 4.13. The molecule has 0 spiro atoms. The average Bonchev–Trinajstić information content (AvgIpc) is 2.49. The van der Waals surface area contributed by atoms with Crippen molar-refractivity contribution in [3.8, 4) is 0 Å². The zero-order valence-electron chi connectivity index (χ0n) is 9.11. The molecule has 0 aromatic carbocycles. The summed E-state index contributed by atoms with van der Waals surface area (Å²) >= 11 is 0. The molecule has 0 radical (unpaired) electrons. The van der Waals surface area contributed by atoms with Gasteiger partial charge < -0.3 is 5.11 Å². The summed E-state index contributed by atoms with van der Waals surface area (Å²) in [6, 6.07) is 0. The van der Waals surface area contributed by atoms with Crippen LogP contribution in [0.15, 0.2) is 12.2 Å². The molecule has 1 aliphatic carbocycles. The Bertz CT molecular complexity index is 268. The number of rotatable bonds is 6. The third-order valence-electron chi connectivity index (χ3n) is 2.92. The highest BCUT2D eigenvalue weighted by Crippen LogP contribution is 2.29. The summed E-state index contributed by atoms with van der Waals surface area (Å²) in [5, 5.41) is 8.70. The fraction of sp³-hybridized carbons (Fsp3) is 0.667. The SMILES string of the molecule is CCCCC[C@H]1C(=O)C=C[C@@H]1CC(=O)O. The molecule has 84 valence electrons. The molecule has 1 rings (SSSR count). The summed E-state index contributed by atoms with van der Waals surface area (Å²) in [7, 11) is 0. The van der Waals surface area contributed by atoms with Crippen molar-refractivity contribution in [1.82, 2.24) is 0 Å². The minimum Gasteiger partial charge on any atom is -0.481 e. The van der Waals surface area contributed by atoms with Crippen molar-refractivity contribution in [3.63, 3.8) is 0 Å². The van der Waals surface area contributed by atoms with Gasteiger partial charge in [-0.3, -0.25) is 9.59 Å². The number of carboxylic acid groups (broad SMARTS) is 1. The summed E-state index contributed by atoms with van der Waals surface area (Å²) in [4.78, 5) is 22.1. The monoisotopic (exact) mass is 210 g/mol. The topological polar surface area (TPSA) is 54.4 Å². The molecule has 15 heavy (non-hydrogen) atoms. The van der Waals surface area contributed by atoms with Gasteiger partial charge in [-0.25, -0.2) is 0 Å². The maximum absolute atomic E-state index is 11.5. The first-order valence-corrected chi connectivity index (χ1v) is 5.59. The van der Waals surface area contributed by atoms with Gasteiger partial charge in [-0.1, -0.05) is 32.3 Å². The lowest BCUT2D eigenvalue weighted by atomic mass is 9.87. The average molecular weight is 210 g/mol. The van der Waals surface area contributed by atoms with Crippen LogP contribution in [0.2, 0.25) is 0 Å². The zero-order valence-corrected chi connectivity index (χ0v) is 9.11. The third kappa shape index (κ3) is 3.50. The Balaban J connectivity index is 2.44. The lowest BCUT2D eigenvalue weighted by Gasteiger charge is -2.15. The number of hydrogen-bond donors (Lipinski definition) is 1. The smallest absolute Gasteiger partial charge is 0.303 e. The van der Waals surface area contributed by atoms with E-state index in [-0.39, 0.29) is 24.0 Å². The van der Waals surface area contributed by atoms with E-state index in [0.717, 1.165) is 25.7 Å². The standard InChI is InChI=1S/C12H18O3/c1-2-3-4-5-10-9(8-12(14)15)6-7-11(10)13/h6-7,9-10H,2-5,8H2,1H3,(H,14,15)/t9-,10-/m1/s1. The van der Waals surface area contributed by atoms with Gasteiger partial charge in [-0.05, 0) is 18.4 Å². The molecular formula is C12H18O3. The largest absolute Gasteiger partial charge is 0.481 e. The first-order valence-electron chi connectivity index (χ1n) is 5.59. The van der Waals surface area contributed by atoms with E-state index >= 15 is 0 Å². The van der Waals surface area contributed by atoms with Gasteiger partial charge in [0.2, 0.25) is 0 Å². The van der Waals surface area contributed by atoms with Crippen LogP contribution in [-0.2, 0) is 9.59 Å². The van der Waals surface area contributed by atoms with Crippen LogP contribution >= 0.6 is 0 Å². The van der Waals surface area contributed by atoms with E-state index in [1.165, 1.54) is 0 Å². The molecule has 1 N–H and O–H groups in total. The molecule has 2 atom stereocenters. The number of aliphatic carboxylic acids is 1. The van der Waals surface area contributed by atoms with Crippen molar-refractivity contribution in [2.24, 2.45) is 11.8 Å². The van der Waals surface area contributed by atoms with Crippen LogP contribution in [0.4, 0.5) is 0 Å². The molecule has 0 heterocycles. The molecule has 0 fully saturated rings. The summed E-state index contributed by atoms with van der Waals surface area (Å²) in [6.45, 7) is 2.11. The van der Waals surface area contributed by atoms with Gasteiger partial charge in [-0.2, -0.15) is 0 Å². The summed E-state index contributed by atoms with van der Waals surface area (Å²) in [5.74, 6) is -0.864. The molecule has 3 nitrogen and oxygen atoms in total. The normalized spacial score (nSPS) is 24.7. The predicted molar refractivity (Wildman–Crippen MR) is 57.5 cm³/mol. The number of ketones is 1. The molecular weight excluding hydrogens is 192 g/mol.